The molecule has 1 aromatic carbocycles. The zero-order valence-corrected chi connectivity index (χ0v) is 11.6. The Kier molecular flexibility index (Phi) is 2.78. The highest BCUT2D eigenvalue weighted by atomic mass is 32.1. The molecule has 21 heavy (non-hydrogen) atoms. The Morgan fingerprint density at radius 2 is 2.19 bits per heavy atom. The van der Waals surface area contributed by atoms with Gasteiger partial charge in [0.2, 0.25) is 5.95 Å². The third-order valence-corrected chi connectivity index (χ3v) is 3.96. The number of anilines is 1. The molecule has 0 spiro atoms. The molecule has 0 saturated carbocycles. The normalized spacial score (nSPS) is 11.3. The minimum absolute atomic E-state index is 0.328. The Labute approximate surface area is 122 Å². The van der Waals surface area contributed by atoms with Crippen LogP contribution < -0.4 is 5.32 Å². The molecule has 0 unspecified atom stereocenters. The maximum atomic E-state index is 13.6. The average Bonchev–Trinajstić information content (AvgIpc) is 3.11. The lowest BCUT2D eigenvalue weighted by atomic mass is 10.3. The number of nitrogens with one attached hydrogen (secondary N) is 2. The number of nitrogens with zero attached hydrogens (tertiary/aromatic N) is 3. The summed E-state index contributed by atoms with van der Waals surface area (Å²) in [5.41, 5.74) is 1.03. The van der Waals surface area contributed by atoms with E-state index in [0.717, 1.165) is 10.2 Å². The number of rotatable bonds is 3. The molecule has 3 aromatic heterocycles. The molecule has 4 rings (SSSR count). The molecule has 0 fully saturated rings. The molecule has 4 aromatic rings. The van der Waals surface area contributed by atoms with Crippen molar-refractivity contribution in [1.82, 2.24) is 19.9 Å². The summed E-state index contributed by atoms with van der Waals surface area (Å²) in [5.74, 6) is 0.849. The topological polar surface area (TPSA) is 66.5 Å². The van der Waals surface area contributed by atoms with Crippen LogP contribution in [0.5, 0.6) is 0 Å². The van der Waals surface area contributed by atoms with E-state index in [-0.39, 0.29) is 5.82 Å². The minimum Gasteiger partial charge on any atom is -0.347 e. The van der Waals surface area contributed by atoms with Gasteiger partial charge in [0.25, 0.3) is 0 Å². The average molecular weight is 299 g/mol. The summed E-state index contributed by atoms with van der Waals surface area (Å²) in [6, 6.07) is 6.82. The smallest absolute Gasteiger partial charge is 0.224 e. The molecule has 0 aliphatic carbocycles. The van der Waals surface area contributed by atoms with Crippen LogP contribution in [0.25, 0.3) is 21.3 Å². The molecular weight excluding hydrogens is 289 g/mol. The van der Waals surface area contributed by atoms with Crippen molar-refractivity contribution in [3.8, 4) is 0 Å². The van der Waals surface area contributed by atoms with Crippen molar-refractivity contribution in [3.63, 3.8) is 0 Å². The monoisotopic (exact) mass is 299 g/mol. The molecule has 0 aliphatic rings. The molecule has 0 saturated heterocycles. The number of halogens is 1. The Bertz CT molecular complexity index is 929. The summed E-state index contributed by atoms with van der Waals surface area (Å²) in [6.45, 7) is 0.408. The first kappa shape index (κ1) is 12.2. The second kappa shape index (κ2) is 4.78. The number of fused-ring (bicyclic) bond motifs is 2. The lowest BCUT2D eigenvalue weighted by Gasteiger charge is -2.01. The zero-order chi connectivity index (χ0) is 14.2. The number of benzene rings is 1. The Hall–Kier alpha value is -2.54. The van der Waals surface area contributed by atoms with Crippen molar-refractivity contribution in [1.29, 1.82) is 0 Å². The van der Waals surface area contributed by atoms with Gasteiger partial charge in [0.15, 0.2) is 5.82 Å². The highest BCUT2D eigenvalue weighted by Crippen LogP contribution is 2.19. The van der Waals surface area contributed by atoms with Gasteiger partial charge in [-0.2, -0.15) is 0 Å². The molecular formula is C14H10FN5S. The zero-order valence-electron chi connectivity index (χ0n) is 10.8. The highest BCUT2D eigenvalue weighted by molar-refractivity contribution is 7.16. The highest BCUT2D eigenvalue weighted by Gasteiger charge is 2.07. The van der Waals surface area contributed by atoms with Gasteiger partial charge in [0, 0.05) is 11.6 Å². The number of thiophene rings is 1. The van der Waals surface area contributed by atoms with Gasteiger partial charge in [0.05, 0.1) is 12.1 Å². The standard InChI is InChI=1S/C14H10FN5S/c15-9-2-1-3-10-12(9)19-11(18-10)7-17-14-16-6-8-4-5-21-13(8)20-14/h1-6H,7H2,(H,18,19)(H,16,17,20). The van der Waals surface area contributed by atoms with E-state index in [1.807, 2.05) is 11.4 Å². The molecule has 7 heteroatoms. The Morgan fingerprint density at radius 1 is 1.24 bits per heavy atom. The SMILES string of the molecule is Fc1cccc2[nH]c(CNc3ncc4ccsc4n3)nc12. The number of imidazole rings is 1. The lowest BCUT2D eigenvalue weighted by molar-refractivity contribution is 0.637. The van der Waals surface area contributed by atoms with Crippen LogP contribution in [-0.4, -0.2) is 19.9 Å². The fourth-order valence-corrected chi connectivity index (χ4v) is 2.88. The van der Waals surface area contributed by atoms with E-state index < -0.39 is 0 Å². The third kappa shape index (κ3) is 2.21. The van der Waals surface area contributed by atoms with Gasteiger partial charge >= 0.3 is 0 Å². The number of H-pyrrole nitrogens is 1. The number of para-hydroxylation sites is 1. The van der Waals surface area contributed by atoms with Gasteiger partial charge in [0.1, 0.15) is 16.2 Å². The molecule has 3 heterocycles. The second-order valence-electron chi connectivity index (χ2n) is 4.55. The van der Waals surface area contributed by atoms with Gasteiger partial charge in [-0.1, -0.05) is 6.07 Å². The first-order valence-electron chi connectivity index (χ1n) is 6.37. The van der Waals surface area contributed by atoms with Crippen molar-refractivity contribution in [3.05, 3.63) is 47.5 Å². The van der Waals surface area contributed by atoms with Crippen LogP contribution in [0.4, 0.5) is 10.3 Å². The minimum atomic E-state index is -0.328. The third-order valence-electron chi connectivity index (χ3n) is 3.13. The van der Waals surface area contributed by atoms with Crippen LogP contribution in [0.15, 0.2) is 35.8 Å². The van der Waals surface area contributed by atoms with Gasteiger partial charge in [-0.05, 0) is 23.6 Å². The van der Waals surface area contributed by atoms with Crippen molar-refractivity contribution in [2.45, 2.75) is 6.54 Å². The van der Waals surface area contributed by atoms with Crippen LogP contribution in [0.1, 0.15) is 5.82 Å². The Balaban J connectivity index is 1.58. The van der Waals surface area contributed by atoms with Crippen molar-refractivity contribution >= 4 is 38.5 Å². The lowest BCUT2D eigenvalue weighted by Crippen LogP contribution is -2.04. The maximum Gasteiger partial charge on any atom is 0.224 e. The van der Waals surface area contributed by atoms with E-state index in [0.29, 0.717) is 29.4 Å². The summed E-state index contributed by atoms with van der Waals surface area (Å²) >= 11 is 1.56. The van der Waals surface area contributed by atoms with Crippen LogP contribution >= 0.6 is 11.3 Å². The van der Waals surface area contributed by atoms with Gasteiger partial charge in [-0.25, -0.2) is 19.3 Å². The molecule has 0 amide bonds. The predicted octanol–water partition coefficient (Wildman–Crippen LogP) is 3.32. The van der Waals surface area contributed by atoms with Crippen molar-refractivity contribution in [2.24, 2.45) is 0 Å². The second-order valence-corrected chi connectivity index (χ2v) is 5.44. The van der Waals surface area contributed by atoms with E-state index in [4.69, 9.17) is 0 Å². The van der Waals surface area contributed by atoms with Gasteiger partial charge < -0.3 is 10.3 Å². The van der Waals surface area contributed by atoms with Crippen LogP contribution in [-0.2, 0) is 6.54 Å². The van der Waals surface area contributed by atoms with E-state index in [1.165, 1.54) is 6.07 Å². The number of hydrogen-bond acceptors (Lipinski definition) is 5. The number of hydrogen-bond donors (Lipinski definition) is 2. The summed E-state index contributed by atoms with van der Waals surface area (Å²) in [5, 5.41) is 6.09. The molecule has 0 atom stereocenters. The van der Waals surface area contributed by atoms with Crippen molar-refractivity contribution < 1.29 is 4.39 Å². The van der Waals surface area contributed by atoms with E-state index in [2.05, 4.69) is 25.3 Å². The molecule has 5 nitrogen and oxygen atoms in total. The molecule has 0 bridgehead atoms. The fraction of sp³-hybridized carbons (Fsp3) is 0.0714. The number of aromatic nitrogens is 4. The van der Waals surface area contributed by atoms with E-state index in [1.54, 1.807) is 29.7 Å². The van der Waals surface area contributed by atoms with Crippen LogP contribution in [0.2, 0.25) is 0 Å². The summed E-state index contributed by atoms with van der Waals surface area (Å²) in [6.07, 6.45) is 1.78. The largest absolute Gasteiger partial charge is 0.347 e. The summed E-state index contributed by atoms with van der Waals surface area (Å²) in [7, 11) is 0. The fourth-order valence-electron chi connectivity index (χ4n) is 2.14. The van der Waals surface area contributed by atoms with Gasteiger partial charge in [-0.15, -0.1) is 11.3 Å². The van der Waals surface area contributed by atoms with Crippen LogP contribution in [0.3, 0.4) is 0 Å². The van der Waals surface area contributed by atoms with Gasteiger partial charge in [-0.3, -0.25) is 0 Å². The molecule has 2 N–H and O–H groups in total. The number of aromatic amines is 1. The first-order valence-corrected chi connectivity index (χ1v) is 7.25. The Morgan fingerprint density at radius 3 is 3.10 bits per heavy atom. The molecule has 0 aliphatic heterocycles. The van der Waals surface area contributed by atoms with E-state index >= 15 is 0 Å². The molecule has 0 radical (unpaired) electrons. The first-order chi connectivity index (χ1) is 10.3. The van der Waals surface area contributed by atoms with Crippen molar-refractivity contribution in [2.75, 3.05) is 5.32 Å². The quantitative estimate of drug-likeness (QED) is 0.609. The summed E-state index contributed by atoms with van der Waals surface area (Å²) < 4.78 is 13.6. The summed E-state index contributed by atoms with van der Waals surface area (Å²) in [4.78, 5) is 16.9. The predicted molar refractivity (Wildman–Crippen MR) is 80.8 cm³/mol. The maximum absolute atomic E-state index is 13.6. The van der Waals surface area contributed by atoms with Crippen LogP contribution in [0, 0.1) is 5.82 Å². The molecule has 104 valence electrons. The van der Waals surface area contributed by atoms with E-state index in [9.17, 15) is 4.39 Å².